The van der Waals surface area contributed by atoms with Crippen LogP contribution in [-0.2, 0) is 7.05 Å². The highest BCUT2D eigenvalue weighted by molar-refractivity contribution is 6.13. The zero-order valence-corrected chi connectivity index (χ0v) is 19.8. The quantitative estimate of drug-likeness (QED) is 0.253. The molecule has 6 aromatic rings. The number of benzene rings is 4. The fraction of sp³-hybridized carbons (Fsp3) is 0.194. The Morgan fingerprint density at radius 3 is 2.33 bits per heavy atom. The maximum atomic E-state index is 8.61. The molecule has 2 heterocycles. The average molecular weight is 432 g/mol. The molecule has 0 saturated heterocycles. The Hall–Kier alpha value is -3.65. The minimum absolute atomic E-state index is 0.665. The Balaban J connectivity index is 1.71. The molecule has 0 bridgehead atoms. The van der Waals surface area contributed by atoms with Crippen molar-refractivity contribution < 1.29 is 10.4 Å². The second kappa shape index (κ2) is 7.18. The van der Waals surface area contributed by atoms with Crippen LogP contribution in [0.15, 0.2) is 77.2 Å². The van der Waals surface area contributed by atoms with Crippen LogP contribution in [0.25, 0.3) is 54.9 Å². The maximum absolute atomic E-state index is 8.61. The number of aryl methyl sites for hydroxylation is 2. The molecule has 0 spiro atoms. The summed E-state index contributed by atoms with van der Waals surface area (Å²) < 4.78 is 17.4. The molecule has 0 radical (unpaired) electrons. The smallest absolute Gasteiger partial charge is 0.216 e. The lowest BCUT2D eigenvalue weighted by Gasteiger charge is -2.12. The third kappa shape index (κ3) is 2.90. The Morgan fingerprint density at radius 1 is 0.818 bits per heavy atom. The van der Waals surface area contributed by atoms with Gasteiger partial charge >= 0.3 is 0 Å². The van der Waals surface area contributed by atoms with Gasteiger partial charge in [-0.15, -0.1) is 0 Å². The third-order valence-electron chi connectivity index (χ3n) is 7.16. The number of hydrogen-bond donors (Lipinski definition) is 0. The van der Waals surface area contributed by atoms with Crippen LogP contribution >= 0.6 is 0 Å². The van der Waals surface area contributed by atoms with Gasteiger partial charge in [-0.1, -0.05) is 50.2 Å². The SMILES string of the molecule is [2H]C(C)(C)c1cccc2c1ccc(-c1c(C)c(C)cc3c1oc1cc4ccccc4cc13)[n+]2C. The summed E-state index contributed by atoms with van der Waals surface area (Å²) in [6, 6.07) is 25.7. The number of hydrogen-bond acceptors (Lipinski definition) is 1. The standard InChI is InChI=1S/C31H28NO/c1-18(2)23-11-8-12-27-24(23)13-14-28(32(27)5)30-20(4)19(3)15-26-25-16-21-9-6-7-10-22(21)17-29(25)33-31(26)30/h6-18H,1-5H3/q+1/i18D. The highest BCUT2D eigenvalue weighted by Crippen LogP contribution is 2.40. The molecule has 2 aromatic heterocycles. The molecule has 0 aliphatic heterocycles. The fourth-order valence-corrected chi connectivity index (χ4v) is 5.24. The summed E-state index contributed by atoms with van der Waals surface area (Å²) in [4.78, 5) is 0. The first-order valence-electron chi connectivity index (χ1n) is 12.0. The molecule has 0 unspecified atom stereocenters. The first kappa shape index (κ1) is 18.9. The van der Waals surface area contributed by atoms with E-state index in [1.807, 2.05) is 13.8 Å². The summed E-state index contributed by atoms with van der Waals surface area (Å²) in [5.41, 5.74) is 8.72. The summed E-state index contributed by atoms with van der Waals surface area (Å²) in [5, 5.41) is 5.83. The summed E-state index contributed by atoms with van der Waals surface area (Å²) in [6.45, 7) is 8.26. The second-order valence-electron chi connectivity index (χ2n) is 9.38. The zero-order valence-electron chi connectivity index (χ0n) is 20.8. The van der Waals surface area contributed by atoms with Gasteiger partial charge in [0, 0.05) is 29.7 Å². The van der Waals surface area contributed by atoms with Crippen molar-refractivity contribution in [1.29, 1.82) is 0 Å². The van der Waals surface area contributed by atoms with E-state index in [1.54, 1.807) is 0 Å². The number of rotatable bonds is 2. The van der Waals surface area contributed by atoms with Gasteiger partial charge in [-0.2, -0.15) is 4.57 Å². The van der Waals surface area contributed by atoms with E-state index in [-0.39, 0.29) is 0 Å². The summed E-state index contributed by atoms with van der Waals surface area (Å²) in [5.74, 6) is -0.665. The predicted molar refractivity (Wildman–Crippen MR) is 139 cm³/mol. The molecule has 162 valence electrons. The lowest BCUT2D eigenvalue weighted by Crippen LogP contribution is -2.32. The lowest BCUT2D eigenvalue weighted by atomic mass is 9.94. The van der Waals surface area contributed by atoms with Crippen molar-refractivity contribution in [1.82, 2.24) is 0 Å². The van der Waals surface area contributed by atoms with Gasteiger partial charge in [-0.05, 0) is 71.5 Å². The van der Waals surface area contributed by atoms with Crippen LogP contribution < -0.4 is 4.57 Å². The molecule has 0 saturated carbocycles. The van der Waals surface area contributed by atoms with E-state index >= 15 is 0 Å². The lowest BCUT2D eigenvalue weighted by molar-refractivity contribution is -0.633. The molecule has 2 nitrogen and oxygen atoms in total. The minimum Gasteiger partial charge on any atom is -0.455 e. The largest absolute Gasteiger partial charge is 0.455 e. The first-order chi connectivity index (χ1) is 16.2. The fourth-order valence-electron chi connectivity index (χ4n) is 5.24. The molecule has 4 aromatic carbocycles. The van der Waals surface area contributed by atoms with Crippen molar-refractivity contribution in [2.75, 3.05) is 0 Å². The van der Waals surface area contributed by atoms with Crippen LogP contribution in [0.3, 0.4) is 0 Å². The second-order valence-corrected chi connectivity index (χ2v) is 9.38. The maximum Gasteiger partial charge on any atom is 0.216 e. The van der Waals surface area contributed by atoms with Crippen LogP contribution in [0, 0.1) is 13.8 Å². The molecular formula is C31H28NO+. The van der Waals surface area contributed by atoms with Crippen LogP contribution in [-0.4, -0.2) is 0 Å². The van der Waals surface area contributed by atoms with Crippen LogP contribution in [0.1, 0.15) is 37.8 Å². The monoisotopic (exact) mass is 431 g/mol. The van der Waals surface area contributed by atoms with E-state index in [0.29, 0.717) is 0 Å². The normalized spacial score (nSPS) is 12.8. The Bertz CT molecular complexity index is 1770. The Labute approximate surface area is 195 Å². The van der Waals surface area contributed by atoms with E-state index in [0.717, 1.165) is 49.7 Å². The van der Waals surface area contributed by atoms with Crippen LogP contribution in [0.4, 0.5) is 0 Å². The number of aromatic nitrogens is 1. The number of pyridine rings is 1. The Morgan fingerprint density at radius 2 is 1.58 bits per heavy atom. The molecule has 0 atom stereocenters. The van der Waals surface area contributed by atoms with Crippen molar-refractivity contribution in [2.45, 2.75) is 33.6 Å². The van der Waals surface area contributed by atoms with Crippen LogP contribution in [0.5, 0.6) is 0 Å². The van der Waals surface area contributed by atoms with Gasteiger partial charge in [0.2, 0.25) is 11.2 Å². The van der Waals surface area contributed by atoms with Crippen LogP contribution in [0.2, 0.25) is 0 Å². The molecule has 0 amide bonds. The number of furan rings is 1. The zero-order chi connectivity index (χ0) is 23.8. The molecular weight excluding hydrogens is 402 g/mol. The molecule has 2 heteroatoms. The van der Waals surface area contributed by atoms with E-state index in [2.05, 4.69) is 98.3 Å². The van der Waals surface area contributed by atoms with Crippen molar-refractivity contribution in [3.63, 3.8) is 0 Å². The molecule has 6 rings (SSSR count). The van der Waals surface area contributed by atoms with Gasteiger partial charge in [-0.3, -0.25) is 0 Å². The summed E-state index contributed by atoms with van der Waals surface area (Å²) >= 11 is 0. The molecule has 0 aliphatic rings. The van der Waals surface area contributed by atoms with Crippen molar-refractivity contribution in [2.24, 2.45) is 7.05 Å². The van der Waals surface area contributed by atoms with Gasteiger partial charge in [0.15, 0.2) is 0 Å². The topological polar surface area (TPSA) is 17.0 Å². The molecule has 0 N–H and O–H groups in total. The van der Waals surface area contributed by atoms with E-state index < -0.39 is 5.89 Å². The first-order valence-corrected chi connectivity index (χ1v) is 11.5. The van der Waals surface area contributed by atoms with E-state index in [1.165, 1.54) is 21.9 Å². The van der Waals surface area contributed by atoms with E-state index in [9.17, 15) is 0 Å². The minimum atomic E-state index is -0.665. The number of fused-ring (bicyclic) bond motifs is 5. The van der Waals surface area contributed by atoms with Gasteiger partial charge in [0.1, 0.15) is 18.2 Å². The predicted octanol–water partition coefficient (Wildman–Crippen LogP) is 8.12. The van der Waals surface area contributed by atoms with Crippen molar-refractivity contribution >= 4 is 43.6 Å². The van der Waals surface area contributed by atoms with Gasteiger partial charge in [0.25, 0.3) is 0 Å². The third-order valence-corrected chi connectivity index (χ3v) is 7.16. The molecule has 0 fully saturated rings. The van der Waals surface area contributed by atoms with Gasteiger partial charge in [-0.25, -0.2) is 0 Å². The highest BCUT2D eigenvalue weighted by Gasteiger charge is 2.24. The highest BCUT2D eigenvalue weighted by atomic mass is 16.3. The average Bonchev–Trinajstić information content (AvgIpc) is 3.15. The Kier molecular flexibility index (Phi) is 4.11. The van der Waals surface area contributed by atoms with Crippen molar-refractivity contribution in [3.05, 3.63) is 89.5 Å². The summed E-state index contributed by atoms with van der Waals surface area (Å²) in [6.07, 6.45) is 0. The van der Waals surface area contributed by atoms with E-state index in [4.69, 9.17) is 5.79 Å². The van der Waals surface area contributed by atoms with Gasteiger partial charge in [0.05, 0.1) is 5.56 Å². The number of nitrogens with zero attached hydrogens (tertiary/aromatic N) is 1. The van der Waals surface area contributed by atoms with Gasteiger partial charge < -0.3 is 4.42 Å². The van der Waals surface area contributed by atoms with Crippen molar-refractivity contribution in [3.8, 4) is 11.3 Å². The molecule has 33 heavy (non-hydrogen) atoms. The summed E-state index contributed by atoms with van der Waals surface area (Å²) in [7, 11) is 2.11. The molecule has 0 aliphatic carbocycles.